The zero-order valence-electron chi connectivity index (χ0n) is 24.4. The third kappa shape index (κ3) is 36.5. The average molecular weight is 743 g/mol. The molecule has 12 nitrogen and oxygen atoms in total. The second-order valence-electron chi connectivity index (χ2n) is 7.66. The molecule has 0 heterocycles. The molecular formula is C24H46N4O8S7. The van der Waals surface area contributed by atoms with E-state index in [4.69, 9.17) is 24.7 Å². The molecule has 0 radical (unpaired) electrons. The number of aliphatic imine (C=N–C) groups is 2. The van der Waals surface area contributed by atoms with Gasteiger partial charge in [-0.15, -0.1) is 0 Å². The molecule has 0 aromatic rings. The number of nitrogens with zero attached hydrogens (tertiary/aromatic N) is 2. The van der Waals surface area contributed by atoms with E-state index in [9.17, 15) is 14.1 Å². The fraction of sp³-hybridized carbons (Fsp3) is 0.833. The first-order valence-electron chi connectivity index (χ1n) is 13.7. The number of aliphatic hydroxyl groups excluding tert-OH is 2. The number of ether oxygens (including phenoxy) is 1. The van der Waals surface area contributed by atoms with Gasteiger partial charge in [-0.3, -0.25) is 9.79 Å². The van der Waals surface area contributed by atoms with Crippen molar-refractivity contribution in [1.82, 2.24) is 10.6 Å². The molecule has 19 heteroatoms. The van der Waals surface area contributed by atoms with Crippen LogP contribution in [-0.2, 0) is 25.7 Å². The number of amides is 2. The summed E-state index contributed by atoms with van der Waals surface area (Å²) in [6.07, 6.45) is 0.856. The summed E-state index contributed by atoms with van der Waals surface area (Å²) in [5, 5.41) is 22.9. The highest BCUT2D eigenvalue weighted by atomic mass is 32.2. The molecule has 0 aliphatic carbocycles. The third-order valence-electron chi connectivity index (χ3n) is 4.27. The van der Waals surface area contributed by atoms with Crippen molar-refractivity contribution in [3.63, 3.8) is 0 Å². The Bertz CT molecular complexity index is 706. The Labute approximate surface area is 284 Å². The lowest BCUT2D eigenvalue weighted by Crippen LogP contribution is -2.27. The van der Waals surface area contributed by atoms with Gasteiger partial charge in [0.05, 0.1) is 26.3 Å². The first-order chi connectivity index (χ1) is 21.1. The largest absolute Gasteiger partial charge is 0.611 e. The Morgan fingerprint density at radius 3 is 2.09 bits per heavy atom. The van der Waals surface area contributed by atoms with E-state index in [-0.39, 0.29) is 18.5 Å². The summed E-state index contributed by atoms with van der Waals surface area (Å²) in [6, 6.07) is 0. The van der Waals surface area contributed by atoms with E-state index in [1.165, 1.54) is 35.5 Å². The smallest absolute Gasteiger partial charge is 0.407 e. The molecular weight excluding hydrogens is 697 g/mol. The third-order valence-corrected chi connectivity index (χ3v) is 11.4. The van der Waals surface area contributed by atoms with Gasteiger partial charge in [0.1, 0.15) is 19.0 Å². The predicted molar refractivity (Wildman–Crippen MR) is 193 cm³/mol. The van der Waals surface area contributed by atoms with Gasteiger partial charge in [0.2, 0.25) is 11.9 Å². The van der Waals surface area contributed by atoms with Crippen molar-refractivity contribution < 1.29 is 38.9 Å². The number of rotatable bonds is 31. The Morgan fingerprint density at radius 2 is 1.37 bits per heavy atom. The molecule has 4 N–H and O–H groups in total. The first kappa shape index (κ1) is 43.2. The van der Waals surface area contributed by atoms with Crippen LogP contribution in [0.15, 0.2) is 9.98 Å². The maximum Gasteiger partial charge on any atom is 0.407 e. The number of hydrogen-bond acceptors (Lipinski definition) is 16. The Balaban J connectivity index is 3.41. The minimum Gasteiger partial charge on any atom is -0.611 e. The summed E-state index contributed by atoms with van der Waals surface area (Å²) in [7, 11) is 0. The fourth-order valence-corrected chi connectivity index (χ4v) is 7.72. The zero-order chi connectivity index (χ0) is 31.5. The Kier molecular flexibility index (Phi) is 36.8. The van der Waals surface area contributed by atoms with E-state index in [2.05, 4.69) is 20.6 Å². The van der Waals surface area contributed by atoms with E-state index in [0.717, 1.165) is 40.3 Å². The van der Waals surface area contributed by atoms with Gasteiger partial charge < -0.3 is 35.0 Å². The van der Waals surface area contributed by atoms with Crippen molar-refractivity contribution in [2.24, 2.45) is 9.98 Å². The first-order valence-corrected chi connectivity index (χ1v) is 21.8. The molecule has 1 atom stereocenters. The number of nitrogens with one attached hydrogen (secondary N) is 2. The monoisotopic (exact) mass is 742 g/mol. The highest BCUT2D eigenvalue weighted by Crippen LogP contribution is 2.09. The minimum atomic E-state index is -1.10. The fourth-order valence-electron chi connectivity index (χ4n) is 2.40. The molecule has 0 saturated heterocycles. The number of alkyl carbamates (subject to hydrolysis) is 1. The Morgan fingerprint density at radius 1 is 0.744 bits per heavy atom. The van der Waals surface area contributed by atoms with Gasteiger partial charge in [0.15, 0.2) is 0 Å². The highest BCUT2D eigenvalue weighted by Gasteiger charge is 2.05. The second kappa shape index (κ2) is 36.6. The van der Waals surface area contributed by atoms with Crippen LogP contribution in [0.3, 0.4) is 0 Å². The van der Waals surface area contributed by atoms with Crippen LogP contribution in [0.25, 0.3) is 0 Å². The van der Waals surface area contributed by atoms with Crippen LogP contribution in [0.1, 0.15) is 0 Å². The van der Waals surface area contributed by atoms with E-state index in [1.54, 1.807) is 47.0 Å². The summed E-state index contributed by atoms with van der Waals surface area (Å²) in [4.78, 5) is 41.4. The Hall–Kier alpha value is 0.170. The van der Waals surface area contributed by atoms with Crippen molar-refractivity contribution in [1.29, 1.82) is 0 Å². The predicted octanol–water partition coefficient (Wildman–Crippen LogP) is 2.56. The number of aliphatic hydroxyl groups is 2. The van der Waals surface area contributed by atoms with Crippen LogP contribution < -0.4 is 10.6 Å². The molecule has 252 valence electrons. The lowest BCUT2D eigenvalue weighted by atomic mass is 10.7. The molecule has 2 amide bonds. The van der Waals surface area contributed by atoms with Gasteiger partial charge in [-0.2, -0.15) is 63.7 Å². The lowest BCUT2D eigenvalue weighted by molar-refractivity contribution is -0.210. The summed E-state index contributed by atoms with van der Waals surface area (Å²) < 4.78 is 17.0. The number of carbonyl (C=O) groups is 2. The summed E-state index contributed by atoms with van der Waals surface area (Å²) in [5.41, 5.74) is 1.50. The van der Waals surface area contributed by atoms with Gasteiger partial charge in [0.25, 0.3) is 5.24 Å². The summed E-state index contributed by atoms with van der Waals surface area (Å²) >= 11 is 8.31. The topological polar surface area (TPSA) is 174 Å². The van der Waals surface area contributed by atoms with Crippen molar-refractivity contribution >= 4 is 105 Å². The molecule has 0 fully saturated rings. The van der Waals surface area contributed by atoms with Crippen LogP contribution in [0, 0.1) is 0 Å². The maximum absolute atomic E-state index is 12.0. The molecule has 0 aromatic heterocycles. The number of carbonyl (C=O) groups excluding carboxylic acids is 2. The van der Waals surface area contributed by atoms with Gasteiger partial charge >= 0.3 is 6.09 Å². The van der Waals surface area contributed by atoms with Crippen molar-refractivity contribution in [3.8, 4) is 0 Å². The number of thioether (sulfide) groups is 6. The molecule has 0 aromatic carbocycles. The van der Waals surface area contributed by atoms with Crippen LogP contribution >= 0.6 is 70.6 Å². The number of hydrogen-bond donors (Lipinski definition) is 4. The summed E-state index contributed by atoms with van der Waals surface area (Å²) in [5.74, 6) is 8.71. The molecule has 43 heavy (non-hydrogen) atoms. The normalized spacial score (nSPS) is 12.2. The summed E-state index contributed by atoms with van der Waals surface area (Å²) in [6.45, 7) is 3.35. The lowest BCUT2D eigenvalue weighted by Gasteiger charge is -2.06. The molecule has 0 spiro atoms. The van der Waals surface area contributed by atoms with Gasteiger partial charge in [-0.1, -0.05) is 11.8 Å². The molecule has 0 aliphatic rings. The SMILES string of the molecule is O=C(NCCSCC/N=C\[S+]([O-])CCSCCSC(=O)NCCSCC/N=C\OOCCSCCO)OCCSCCO. The van der Waals surface area contributed by atoms with Crippen molar-refractivity contribution in [3.05, 3.63) is 0 Å². The molecule has 0 aliphatic heterocycles. The van der Waals surface area contributed by atoms with E-state index < -0.39 is 17.3 Å². The molecule has 1 unspecified atom stereocenters. The van der Waals surface area contributed by atoms with Gasteiger partial charge in [-0.05, 0) is 11.2 Å². The van der Waals surface area contributed by atoms with E-state index >= 15 is 0 Å². The van der Waals surface area contributed by atoms with Gasteiger partial charge in [-0.25, -0.2) is 9.79 Å². The van der Waals surface area contributed by atoms with E-state index in [1.807, 2.05) is 0 Å². The minimum absolute atomic E-state index is 0.0318. The van der Waals surface area contributed by atoms with Gasteiger partial charge in [0, 0.05) is 76.4 Å². The molecule has 0 rings (SSSR count). The van der Waals surface area contributed by atoms with Crippen LogP contribution in [0.5, 0.6) is 0 Å². The second-order valence-corrected chi connectivity index (χ2v) is 16.2. The van der Waals surface area contributed by atoms with Crippen LogP contribution in [0.4, 0.5) is 9.59 Å². The van der Waals surface area contributed by atoms with E-state index in [0.29, 0.717) is 68.2 Å². The average Bonchev–Trinajstić information content (AvgIpc) is 3.00. The van der Waals surface area contributed by atoms with Crippen LogP contribution in [-0.4, -0.2) is 160 Å². The van der Waals surface area contributed by atoms with Crippen molar-refractivity contribution in [2.75, 3.05) is 122 Å². The maximum atomic E-state index is 12.0. The molecule has 0 bridgehead atoms. The highest BCUT2D eigenvalue weighted by molar-refractivity contribution is 8.14. The molecule has 0 saturated carbocycles. The van der Waals surface area contributed by atoms with Crippen molar-refractivity contribution in [2.45, 2.75) is 0 Å². The van der Waals surface area contributed by atoms with Crippen LogP contribution in [0.2, 0.25) is 0 Å². The zero-order valence-corrected chi connectivity index (χ0v) is 30.1. The quantitative estimate of drug-likeness (QED) is 0.0204. The standard InChI is InChI=1S/C24H46N4O8S7/c29-5-13-39-15-7-34-23(31)27-3-11-38-10-2-26-22-43(33)20-19-41-17-18-42-24(32)28-4-12-37-9-1-25-21-36-35-8-16-40-14-6-30/h21-22,29-30H,1-20H2,(H,27,31)(H,28,32)/b25-21-,26-22-.